The van der Waals surface area contributed by atoms with Crippen molar-refractivity contribution in [2.45, 2.75) is 0 Å². The maximum Gasteiger partial charge on any atom is 0.164 e. The molecule has 0 spiro atoms. The molecular formula is C43H25N3O2. The standard InChI is InChI=1S/C43H25N3O2/c1-3-12-26(13-4-1)33-25-35-34-24-28(22-23-37(34)48-40(35)30-17-8-7-16-29(30)33)42-44-41(27-14-5-2-6-15-27)45-43(46-42)32-19-11-21-38-39(32)31-18-9-10-20-36(31)47-38/h1-25H. The zero-order chi connectivity index (χ0) is 31.6. The van der Waals surface area contributed by atoms with E-state index >= 15 is 0 Å². The highest BCUT2D eigenvalue weighted by molar-refractivity contribution is 6.19. The molecule has 5 nitrogen and oxygen atoms in total. The van der Waals surface area contributed by atoms with E-state index in [1.165, 1.54) is 5.56 Å². The number of furan rings is 2. The average Bonchev–Trinajstić information content (AvgIpc) is 3.73. The third-order valence-electron chi connectivity index (χ3n) is 9.13. The molecule has 0 fully saturated rings. The van der Waals surface area contributed by atoms with E-state index in [2.05, 4.69) is 72.8 Å². The van der Waals surface area contributed by atoms with Gasteiger partial charge in [-0.3, -0.25) is 0 Å². The maximum absolute atomic E-state index is 6.55. The normalized spacial score (nSPS) is 11.8. The SMILES string of the molecule is c1ccc(-c2nc(-c3ccc4oc5c6ccccc6c(-c6ccccc6)cc5c4c3)nc(-c3cccc4oc5ccccc5c34)n2)cc1. The number of rotatable bonds is 4. The summed E-state index contributed by atoms with van der Waals surface area (Å²) in [5, 5.41) is 6.32. The lowest BCUT2D eigenvalue weighted by molar-refractivity contribution is 0.669. The number of hydrogen-bond donors (Lipinski definition) is 0. The van der Waals surface area contributed by atoms with E-state index in [0.29, 0.717) is 17.5 Å². The van der Waals surface area contributed by atoms with Gasteiger partial charge in [-0.25, -0.2) is 15.0 Å². The van der Waals surface area contributed by atoms with Gasteiger partial charge in [-0.05, 0) is 52.9 Å². The average molecular weight is 616 g/mol. The van der Waals surface area contributed by atoms with Gasteiger partial charge in [0.05, 0.1) is 0 Å². The van der Waals surface area contributed by atoms with Crippen LogP contribution in [0.3, 0.4) is 0 Å². The molecule has 0 aliphatic rings. The molecule has 0 N–H and O–H groups in total. The molecule has 0 amide bonds. The Morgan fingerprint density at radius 3 is 1.77 bits per heavy atom. The van der Waals surface area contributed by atoms with Crippen LogP contribution >= 0.6 is 0 Å². The second-order valence-corrected chi connectivity index (χ2v) is 12.0. The summed E-state index contributed by atoms with van der Waals surface area (Å²) in [6.45, 7) is 0. The van der Waals surface area contributed by atoms with Crippen molar-refractivity contribution in [3.05, 3.63) is 152 Å². The lowest BCUT2D eigenvalue weighted by atomic mass is 9.95. The molecule has 3 heterocycles. The fourth-order valence-electron chi connectivity index (χ4n) is 6.90. The number of nitrogens with zero attached hydrogens (tertiary/aromatic N) is 3. The van der Waals surface area contributed by atoms with Gasteiger partial charge >= 0.3 is 0 Å². The molecule has 7 aromatic carbocycles. The summed E-state index contributed by atoms with van der Waals surface area (Å²) in [4.78, 5) is 15.2. The van der Waals surface area contributed by atoms with Gasteiger partial charge < -0.3 is 8.83 Å². The molecule has 0 aliphatic heterocycles. The monoisotopic (exact) mass is 615 g/mol. The Hall–Kier alpha value is -6.59. The third kappa shape index (κ3) is 4.15. The number of para-hydroxylation sites is 1. The Morgan fingerprint density at radius 1 is 0.333 bits per heavy atom. The summed E-state index contributed by atoms with van der Waals surface area (Å²) in [6, 6.07) is 51.6. The quantitative estimate of drug-likeness (QED) is 0.197. The Kier molecular flexibility index (Phi) is 5.81. The van der Waals surface area contributed by atoms with Crippen LogP contribution < -0.4 is 0 Å². The third-order valence-corrected chi connectivity index (χ3v) is 9.13. The zero-order valence-electron chi connectivity index (χ0n) is 25.6. The predicted octanol–water partition coefficient (Wildman–Crippen LogP) is 11.5. The van der Waals surface area contributed by atoms with Crippen molar-refractivity contribution < 1.29 is 8.83 Å². The van der Waals surface area contributed by atoms with E-state index in [9.17, 15) is 0 Å². The molecule has 0 radical (unpaired) electrons. The summed E-state index contributed by atoms with van der Waals surface area (Å²) >= 11 is 0. The van der Waals surface area contributed by atoms with Gasteiger partial charge in [0, 0.05) is 43.6 Å². The predicted molar refractivity (Wildman–Crippen MR) is 194 cm³/mol. The summed E-state index contributed by atoms with van der Waals surface area (Å²) in [5.74, 6) is 1.78. The highest BCUT2D eigenvalue weighted by atomic mass is 16.3. The first-order chi connectivity index (χ1) is 23.8. The summed E-state index contributed by atoms with van der Waals surface area (Å²) in [5.41, 5.74) is 8.34. The lowest BCUT2D eigenvalue weighted by Gasteiger charge is -2.09. The molecule has 3 aromatic heterocycles. The van der Waals surface area contributed by atoms with Gasteiger partial charge in [-0.1, -0.05) is 115 Å². The van der Waals surface area contributed by atoms with Crippen molar-refractivity contribution in [1.29, 1.82) is 0 Å². The Bertz CT molecular complexity index is 2840. The van der Waals surface area contributed by atoms with E-state index in [1.54, 1.807) is 0 Å². The van der Waals surface area contributed by atoms with E-state index in [-0.39, 0.29) is 0 Å². The number of hydrogen-bond acceptors (Lipinski definition) is 5. The van der Waals surface area contributed by atoms with Crippen molar-refractivity contribution in [1.82, 2.24) is 15.0 Å². The molecule has 10 aromatic rings. The van der Waals surface area contributed by atoms with E-state index in [1.807, 2.05) is 78.9 Å². The smallest absolute Gasteiger partial charge is 0.164 e. The summed E-state index contributed by atoms with van der Waals surface area (Å²) in [6.07, 6.45) is 0. The van der Waals surface area contributed by atoms with Crippen LogP contribution in [-0.2, 0) is 0 Å². The van der Waals surface area contributed by atoms with Gasteiger partial charge in [0.1, 0.15) is 22.3 Å². The Balaban J connectivity index is 1.22. The van der Waals surface area contributed by atoms with E-state index in [4.69, 9.17) is 23.8 Å². The molecule has 5 heteroatoms. The number of aromatic nitrogens is 3. The first-order valence-corrected chi connectivity index (χ1v) is 15.9. The first kappa shape index (κ1) is 26.6. The molecule has 0 saturated heterocycles. The van der Waals surface area contributed by atoms with Crippen LogP contribution in [0.2, 0.25) is 0 Å². The first-order valence-electron chi connectivity index (χ1n) is 15.9. The van der Waals surface area contributed by atoms with E-state index in [0.717, 1.165) is 76.9 Å². The largest absolute Gasteiger partial charge is 0.456 e. The molecule has 48 heavy (non-hydrogen) atoms. The zero-order valence-corrected chi connectivity index (χ0v) is 25.6. The topological polar surface area (TPSA) is 65.0 Å². The summed E-state index contributed by atoms with van der Waals surface area (Å²) < 4.78 is 12.8. The van der Waals surface area contributed by atoms with Crippen LogP contribution in [0.5, 0.6) is 0 Å². The van der Waals surface area contributed by atoms with E-state index < -0.39 is 0 Å². The highest BCUT2D eigenvalue weighted by Gasteiger charge is 2.19. The molecule has 0 aliphatic carbocycles. The minimum absolute atomic E-state index is 0.587. The molecule has 224 valence electrons. The van der Waals surface area contributed by atoms with Crippen molar-refractivity contribution in [2.24, 2.45) is 0 Å². The van der Waals surface area contributed by atoms with Crippen LogP contribution in [0, 0.1) is 0 Å². The van der Waals surface area contributed by atoms with Gasteiger partial charge in [0.15, 0.2) is 17.5 Å². The minimum atomic E-state index is 0.587. The molecular weight excluding hydrogens is 590 g/mol. The second kappa shape index (κ2) is 10.5. The minimum Gasteiger partial charge on any atom is -0.456 e. The van der Waals surface area contributed by atoms with Gasteiger partial charge in [-0.2, -0.15) is 0 Å². The number of fused-ring (bicyclic) bond motifs is 8. The van der Waals surface area contributed by atoms with Crippen molar-refractivity contribution in [3.8, 4) is 45.3 Å². The Morgan fingerprint density at radius 2 is 0.958 bits per heavy atom. The molecule has 10 rings (SSSR count). The van der Waals surface area contributed by atoms with Crippen LogP contribution in [0.4, 0.5) is 0 Å². The second-order valence-electron chi connectivity index (χ2n) is 12.0. The van der Waals surface area contributed by atoms with Crippen molar-refractivity contribution >= 4 is 54.6 Å². The van der Waals surface area contributed by atoms with Crippen LogP contribution in [0.15, 0.2) is 160 Å². The molecule has 0 atom stereocenters. The van der Waals surface area contributed by atoms with Crippen LogP contribution in [0.1, 0.15) is 0 Å². The molecule has 0 unspecified atom stereocenters. The van der Waals surface area contributed by atoms with Gasteiger partial charge in [-0.15, -0.1) is 0 Å². The van der Waals surface area contributed by atoms with Gasteiger partial charge in [0.25, 0.3) is 0 Å². The highest BCUT2D eigenvalue weighted by Crippen LogP contribution is 2.41. The Labute approximate surface area is 274 Å². The molecule has 0 bridgehead atoms. The van der Waals surface area contributed by atoms with Gasteiger partial charge in [0.2, 0.25) is 0 Å². The summed E-state index contributed by atoms with van der Waals surface area (Å²) in [7, 11) is 0. The van der Waals surface area contributed by atoms with Crippen LogP contribution in [0.25, 0.3) is 99.9 Å². The van der Waals surface area contributed by atoms with Crippen molar-refractivity contribution in [3.63, 3.8) is 0 Å². The maximum atomic E-state index is 6.55. The number of benzene rings is 7. The fourth-order valence-corrected chi connectivity index (χ4v) is 6.90. The fraction of sp³-hybridized carbons (Fsp3) is 0. The lowest BCUT2D eigenvalue weighted by Crippen LogP contribution is -2.00. The van der Waals surface area contributed by atoms with Crippen molar-refractivity contribution in [2.75, 3.05) is 0 Å². The van der Waals surface area contributed by atoms with Crippen LogP contribution in [-0.4, -0.2) is 15.0 Å². The molecule has 0 saturated carbocycles.